The lowest BCUT2D eigenvalue weighted by Crippen LogP contribution is -2.41. The number of nitrogen functional groups attached to an aromatic ring is 1. The number of ether oxygens (including phenoxy) is 1. The highest BCUT2D eigenvalue weighted by molar-refractivity contribution is 6.29. The minimum Gasteiger partial charge on any atom is -0.444 e. The molecule has 1 saturated carbocycles. The predicted molar refractivity (Wildman–Crippen MR) is 95.1 cm³/mol. The Kier molecular flexibility index (Phi) is 6.10. The van der Waals surface area contributed by atoms with Crippen LogP contribution in [0.25, 0.3) is 0 Å². The molecule has 1 aliphatic carbocycles. The third-order valence-electron chi connectivity index (χ3n) is 3.83. The topological polar surface area (TPSA) is 102 Å². The van der Waals surface area contributed by atoms with Crippen molar-refractivity contribution in [3.05, 3.63) is 11.2 Å². The van der Waals surface area contributed by atoms with Gasteiger partial charge in [0.2, 0.25) is 5.95 Å². The molecule has 24 heavy (non-hydrogen) atoms. The first kappa shape index (κ1) is 18.6. The number of halogens is 1. The molecule has 4 N–H and O–H groups in total. The molecule has 134 valence electrons. The number of aromatic nitrogens is 2. The van der Waals surface area contributed by atoms with Crippen molar-refractivity contribution in [2.45, 2.75) is 58.1 Å². The Balaban J connectivity index is 1.72. The van der Waals surface area contributed by atoms with Gasteiger partial charge < -0.3 is 21.1 Å². The fraction of sp³-hybridized carbons (Fsp3) is 0.688. The molecule has 0 atom stereocenters. The van der Waals surface area contributed by atoms with Gasteiger partial charge >= 0.3 is 6.09 Å². The van der Waals surface area contributed by atoms with Crippen LogP contribution in [0.1, 0.15) is 46.5 Å². The van der Waals surface area contributed by atoms with E-state index in [9.17, 15) is 4.79 Å². The SMILES string of the molecule is CC(C)(C)OC(=O)N[C@H]1CC[C@@H](CNc2nc(N)cc(Cl)n2)CC1. The van der Waals surface area contributed by atoms with E-state index in [2.05, 4.69) is 20.6 Å². The van der Waals surface area contributed by atoms with Gasteiger partial charge in [-0.2, -0.15) is 4.98 Å². The Hall–Kier alpha value is -1.76. The summed E-state index contributed by atoms with van der Waals surface area (Å²) in [5.41, 5.74) is 5.18. The zero-order chi connectivity index (χ0) is 17.7. The Bertz CT molecular complexity index is 548. The number of nitrogens with zero attached hydrogens (tertiary/aromatic N) is 2. The van der Waals surface area contributed by atoms with E-state index >= 15 is 0 Å². The third kappa shape index (κ3) is 6.39. The van der Waals surface area contributed by atoms with Crippen LogP contribution in [0.5, 0.6) is 0 Å². The van der Waals surface area contributed by atoms with Crippen LogP contribution in [0.3, 0.4) is 0 Å². The maximum atomic E-state index is 11.8. The second-order valence-electron chi connectivity index (χ2n) is 7.18. The zero-order valence-corrected chi connectivity index (χ0v) is 15.2. The van der Waals surface area contributed by atoms with Gasteiger partial charge in [0, 0.05) is 18.7 Å². The van der Waals surface area contributed by atoms with Crippen LogP contribution in [-0.2, 0) is 4.74 Å². The largest absolute Gasteiger partial charge is 0.444 e. The number of alkyl carbamates (subject to hydrolysis) is 1. The summed E-state index contributed by atoms with van der Waals surface area (Å²) >= 11 is 5.86. The van der Waals surface area contributed by atoms with E-state index in [0.29, 0.717) is 22.8 Å². The second-order valence-corrected chi connectivity index (χ2v) is 7.57. The number of nitrogens with two attached hydrogens (primary N) is 1. The molecule has 0 radical (unpaired) electrons. The number of carbonyl (C=O) groups excluding carboxylic acids is 1. The van der Waals surface area contributed by atoms with Gasteiger partial charge in [0.05, 0.1) is 0 Å². The van der Waals surface area contributed by atoms with Crippen molar-refractivity contribution >= 4 is 29.5 Å². The highest BCUT2D eigenvalue weighted by Crippen LogP contribution is 2.25. The molecule has 0 bridgehead atoms. The van der Waals surface area contributed by atoms with Crippen LogP contribution in [0.15, 0.2) is 6.07 Å². The molecule has 0 spiro atoms. The lowest BCUT2D eigenvalue weighted by atomic mass is 9.86. The Labute approximate surface area is 147 Å². The fourth-order valence-electron chi connectivity index (χ4n) is 2.73. The average Bonchev–Trinajstić information content (AvgIpc) is 2.43. The normalized spacial score (nSPS) is 21.2. The van der Waals surface area contributed by atoms with Crippen LogP contribution in [-0.4, -0.2) is 34.2 Å². The fourth-order valence-corrected chi connectivity index (χ4v) is 2.93. The monoisotopic (exact) mass is 355 g/mol. The van der Waals surface area contributed by atoms with Crippen LogP contribution < -0.4 is 16.4 Å². The van der Waals surface area contributed by atoms with E-state index in [4.69, 9.17) is 22.1 Å². The van der Waals surface area contributed by atoms with Crippen LogP contribution in [0.4, 0.5) is 16.6 Å². The summed E-state index contributed by atoms with van der Waals surface area (Å²) in [6.45, 7) is 6.35. The van der Waals surface area contributed by atoms with Gasteiger partial charge in [-0.05, 0) is 52.4 Å². The van der Waals surface area contributed by atoms with Gasteiger partial charge in [-0.1, -0.05) is 11.6 Å². The molecule has 0 aromatic carbocycles. The molecule has 0 unspecified atom stereocenters. The van der Waals surface area contributed by atoms with Crippen molar-refractivity contribution in [3.8, 4) is 0 Å². The quantitative estimate of drug-likeness (QED) is 0.717. The number of amides is 1. The molecule has 1 aromatic heterocycles. The summed E-state index contributed by atoms with van der Waals surface area (Å²) < 4.78 is 5.29. The van der Waals surface area contributed by atoms with Crippen molar-refractivity contribution in [2.75, 3.05) is 17.6 Å². The van der Waals surface area contributed by atoms with Gasteiger partial charge in [-0.15, -0.1) is 0 Å². The van der Waals surface area contributed by atoms with E-state index in [1.54, 1.807) is 0 Å². The van der Waals surface area contributed by atoms with Crippen LogP contribution >= 0.6 is 11.6 Å². The van der Waals surface area contributed by atoms with Gasteiger partial charge in [0.15, 0.2) is 0 Å². The molecule has 1 aromatic rings. The van der Waals surface area contributed by atoms with Gasteiger partial charge in [0.1, 0.15) is 16.6 Å². The molecule has 8 heteroatoms. The number of nitrogens with one attached hydrogen (secondary N) is 2. The molecule has 1 heterocycles. The molecule has 1 fully saturated rings. The Morgan fingerprint density at radius 2 is 2.00 bits per heavy atom. The standard InChI is InChI=1S/C16H26ClN5O2/c1-16(2,3)24-15(23)20-11-6-4-10(5-7-11)9-19-14-21-12(17)8-13(18)22-14/h8,10-11H,4-7,9H2,1-3H3,(H,20,23)(H3,18,19,21,22)/t10-,11+. The molecule has 0 aliphatic heterocycles. The number of carbonyl (C=O) groups is 1. The second kappa shape index (κ2) is 7.88. The molecule has 1 aliphatic rings. The van der Waals surface area contributed by atoms with Crippen molar-refractivity contribution in [3.63, 3.8) is 0 Å². The third-order valence-corrected chi connectivity index (χ3v) is 4.02. The lowest BCUT2D eigenvalue weighted by Gasteiger charge is -2.30. The van der Waals surface area contributed by atoms with E-state index in [1.807, 2.05) is 20.8 Å². The molecule has 1 amide bonds. The molecular weight excluding hydrogens is 330 g/mol. The lowest BCUT2D eigenvalue weighted by molar-refractivity contribution is 0.0488. The van der Waals surface area contributed by atoms with Crippen LogP contribution in [0.2, 0.25) is 5.15 Å². The Morgan fingerprint density at radius 1 is 1.33 bits per heavy atom. The van der Waals surface area contributed by atoms with Crippen molar-refractivity contribution in [1.29, 1.82) is 0 Å². The number of hydrogen-bond donors (Lipinski definition) is 3. The minimum absolute atomic E-state index is 0.175. The van der Waals surface area contributed by atoms with Crippen LogP contribution in [0, 0.1) is 5.92 Å². The van der Waals surface area contributed by atoms with E-state index < -0.39 is 5.60 Å². The summed E-state index contributed by atoms with van der Waals surface area (Å²) in [7, 11) is 0. The highest BCUT2D eigenvalue weighted by Gasteiger charge is 2.24. The highest BCUT2D eigenvalue weighted by atomic mass is 35.5. The minimum atomic E-state index is -0.468. The molecular formula is C16H26ClN5O2. The number of hydrogen-bond acceptors (Lipinski definition) is 6. The van der Waals surface area contributed by atoms with E-state index in [1.165, 1.54) is 6.07 Å². The average molecular weight is 356 g/mol. The number of rotatable bonds is 4. The summed E-state index contributed by atoms with van der Waals surface area (Å²) in [6.07, 6.45) is 3.56. The van der Waals surface area contributed by atoms with E-state index in [-0.39, 0.29) is 12.1 Å². The predicted octanol–water partition coefficient (Wildman–Crippen LogP) is 3.21. The van der Waals surface area contributed by atoms with Crippen molar-refractivity contribution < 1.29 is 9.53 Å². The van der Waals surface area contributed by atoms with E-state index in [0.717, 1.165) is 32.2 Å². The first-order chi connectivity index (χ1) is 11.2. The summed E-state index contributed by atoms with van der Waals surface area (Å²) in [6, 6.07) is 1.69. The maximum Gasteiger partial charge on any atom is 0.407 e. The van der Waals surface area contributed by atoms with Gasteiger partial charge in [0.25, 0.3) is 0 Å². The first-order valence-corrected chi connectivity index (χ1v) is 8.62. The molecule has 0 saturated heterocycles. The summed E-state index contributed by atoms with van der Waals surface area (Å²) in [5.74, 6) is 1.31. The number of anilines is 2. The Morgan fingerprint density at radius 3 is 2.58 bits per heavy atom. The summed E-state index contributed by atoms with van der Waals surface area (Å²) in [4.78, 5) is 20.0. The molecule has 7 nitrogen and oxygen atoms in total. The zero-order valence-electron chi connectivity index (χ0n) is 14.4. The first-order valence-electron chi connectivity index (χ1n) is 8.25. The van der Waals surface area contributed by atoms with Crippen molar-refractivity contribution in [2.24, 2.45) is 5.92 Å². The maximum absolute atomic E-state index is 11.8. The smallest absolute Gasteiger partial charge is 0.407 e. The summed E-state index contributed by atoms with van der Waals surface area (Å²) in [5, 5.41) is 6.46. The van der Waals surface area contributed by atoms with Crippen molar-refractivity contribution in [1.82, 2.24) is 15.3 Å². The molecule has 2 rings (SSSR count). The van der Waals surface area contributed by atoms with Gasteiger partial charge in [-0.25, -0.2) is 9.78 Å². The van der Waals surface area contributed by atoms with Gasteiger partial charge in [-0.3, -0.25) is 0 Å².